The van der Waals surface area contributed by atoms with Gasteiger partial charge in [0.2, 0.25) is 0 Å². The summed E-state index contributed by atoms with van der Waals surface area (Å²) in [5, 5.41) is 4.88. The van der Waals surface area contributed by atoms with Crippen LogP contribution in [0.3, 0.4) is 0 Å². The molecule has 0 spiro atoms. The number of amides is 1. The number of halogens is 1. The minimum absolute atomic E-state index is 0.233. The fourth-order valence-corrected chi connectivity index (χ4v) is 3.40. The maximum absolute atomic E-state index is 12.6. The minimum Gasteiger partial charge on any atom is -0.497 e. The number of hydrazone groups is 1. The molecule has 0 fully saturated rings. The van der Waals surface area contributed by atoms with Crippen LogP contribution in [0.2, 0.25) is 5.02 Å². The normalized spacial score (nSPS) is 11.8. The molecule has 0 saturated carbocycles. The van der Waals surface area contributed by atoms with E-state index in [1.165, 1.54) is 4.57 Å². The first-order chi connectivity index (χ1) is 16.0. The highest BCUT2D eigenvalue weighted by Crippen LogP contribution is 2.18. The minimum atomic E-state index is -0.607. The van der Waals surface area contributed by atoms with Crippen molar-refractivity contribution in [2.75, 3.05) is 7.11 Å². The van der Waals surface area contributed by atoms with Crippen LogP contribution in [0.4, 0.5) is 0 Å². The van der Waals surface area contributed by atoms with Crippen molar-refractivity contribution in [3.63, 3.8) is 0 Å². The van der Waals surface area contributed by atoms with Crippen LogP contribution < -0.4 is 15.9 Å². The third-order valence-electron chi connectivity index (χ3n) is 4.89. The molecule has 0 radical (unpaired) electrons. The molecule has 0 aliphatic rings. The van der Waals surface area contributed by atoms with Crippen molar-refractivity contribution in [1.29, 1.82) is 0 Å². The molecule has 0 aliphatic heterocycles. The Balaban J connectivity index is 1.59. The smallest absolute Gasteiger partial charge is 0.420 e. The van der Waals surface area contributed by atoms with Crippen molar-refractivity contribution in [1.82, 2.24) is 9.99 Å². The van der Waals surface area contributed by atoms with Gasteiger partial charge in [0.25, 0.3) is 5.91 Å². The number of hydrogen-bond acceptors (Lipinski definition) is 5. The topological polar surface area (TPSA) is 85.8 Å². The molecule has 0 saturated heterocycles. The van der Waals surface area contributed by atoms with E-state index in [1.807, 2.05) is 36.4 Å². The standard InChI is InChI=1S/C25H20ClN3O4/c1-32-19-13-10-18(11-14-19)21(15-12-17-6-2-3-7-20(17)26)27-28-24(30)16-29-22-8-4-5-9-23(22)33-25(29)31/h2-15H,16H2,1H3,(H,28,30)/b15-12+,27-21+. The Morgan fingerprint density at radius 2 is 1.82 bits per heavy atom. The lowest BCUT2D eigenvalue weighted by molar-refractivity contribution is -0.121. The third kappa shape index (κ3) is 5.22. The molecule has 1 N–H and O–H groups in total. The number of allylic oxidation sites excluding steroid dienone is 1. The van der Waals surface area contributed by atoms with Gasteiger partial charge in [-0.15, -0.1) is 0 Å². The summed E-state index contributed by atoms with van der Waals surface area (Å²) in [6.45, 7) is -0.233. The number of rotatable bonds is 7. The monoisotopic (exact) mass is 461 g/mol. The highest BCUT2D eigenvalue weighted by molar-refractivity contribution is 6.32. The molecular formula is C25H20ClN3O4. The lowest BCUT2D eigenvalue weighted by atomic mass is 10.1. The second kappa shape index (κ2) is 10.0. The Labute approximate surface area is 194 Å². The van der Waals surface area contributed by atoms with E-state index in [1.54, 1.807) is 55.7 Å². The molecule has 0 unspecified atom stereocenters. The molecule has 4 rings (SSSR count). The van der Waals surface area contributed by atoms with Gasteiger partial charge in [-0.05, 0) is 54.1 Å². The van der Waals surface area contributed by atoms with Crippen molar-refractivity contribution >= 4 is 40.4 Å². The van der Waals surface area contributed by atoms with Gasteiger partial charge in [-0.25, -0.2) is 10.2 Å². The molecule has 7 nitrogen and oxygen atoms in total. The number of fused-ring (bicyclic) bond motifs is 1. The summed E-state index contributed by atoms with van der Waals surface area (Å²) in [5.41, 5.74) is 5.54. The van der Waals surface area contributed by atoms with E-state index in [0.29, 0.717) is 27.6 Å². The molecule has 1 aromatic heterocycles. The van der Waals surface area contributed by atoms with Gasteiger partial charge in [0, 0.05) is 10.6 Å². The van der Waals surface area contributed by atoms with Crippen molar-refractivity contribution in [2.24, 2.45) is 5.10 Å². The number of para-hydroxylation sites is 2. The van der Waals surface area contributed by atoms with Gasteiger partial charge < -0.3 is 9.15 Å². The van der Waals surface area contributed by atoms with Crippen LogP contribution in [-0.4, -0.2) is 23.3 Å². The molecule has 33 heavy (non-hydrogen) atoms. The predicted molar refractivity (Wildman–Crippen MR) is 129 cm³/mol. The number of aromatic nitrogens is 1. The summed E-state index contributed by atoms with van der Waals surface area (Å²) < 4.78 is 11.6. The molecule has 4 aromatic rings. The number of ether oxygens (including phenoxy) is 1. The largest absolute Gasteiger partial charge is 0.497 e. The van der Waals surface area contributed by atoms with Crippen LogP contribution in [0.25, 0.3) is 17.2 Å². The van der Waals surface area contributed by atoms with E-state index in [0.717, 1.165) is 11.1 Å². The molecule has 0 bridgehead atoms. The van der Waals surface area contributed by atoms with E-state index in [4.69, 9.17) is 20.8 Å². The molecular weight excluding hydrogens is 442 g/mol. The lowest BCUT2D eigenvalue weighted by Crippen LogP contribution is -2.28. The van der Waals surface area contributed by atoms with E-state index >= 15 is 0 Å². The summed E-state index contributed by atoms with van der Waals surface area (Å²) >= 11 is 6.24. The van der Waals surface area contributed by atoms with E-state index < -0.39 is 11.7 Å². The number of nitrogens with zero attached hydrogens (tertiary/aromatic N) is 2. The number of benzene rings is 3. The fraction of sp³-hybridized carbons (Fsp3) is 0.0800. The molecule has 3 aromatic carbocycles. The Hall–Kier alpha value is -4.10. The van der Waals surface area contributed by atoms with Crippen molar-refractivity contribution < 1.29 is 13.9 Å². The van der Waals surface area contributed by atoms with E-state index in [2.05, 4.69) is 10.5 Å². The molecule has 0 atom stereocenters. The van der Waals surface area contributed by atoms with Gasteiger partial charge >= 0.3 is 5.76 Å². The average Bonchev–Trinajstić information content (AvgIpc) is 3.15. The Kier molecular flexibility index (Phi) is 6.71. The second-order valence-corrected chi connectivity index (χ2v) is 7.44. The zero-order chi connectivity index (χ0) is 23.2. The summed E-state index contributed by atoms with van der Waals surface area (Å²) in [6.07, 6.45) is 3.56. The summed E-state index contributed by atoms with van der Waals surface area (Å²) in [6, 6.07) is 21.6. The molecule has 1 heterocycles. The zero-order valence-electron chi connectivity index (χ0n) is 17.7. The van der Waals surface area contributed by atoms with Crippen molar-refractivity contribution in [2.45, 2.75) is 6.54 Å². The average molecular weight is 462 g/mol. The number of carbonyl (C=O) groups excluding carboxylic acids is 1. The van der Waals surface area contributed by atoms with Crippen molar-refractivity contribution in [3.8, 4) is 5.75 Å². The first-order valence-electron chi connectivity index (χ1n) is 10.1. The predicted octanol–water partition coefficient (Wildman–Crippen LogP) is 4.49. The molecule has 0 aliphatic carbocycles. The number of nitrogens with one attached hydrogen (secondary N) is 1. The lowest BCUT2D eigenvalue weighted by Gasteiger charge is -2.06. The van der Waals surface area contributed by atoms with Gasteiger partial charge in [0.15, 0.2) is 5.58 Å². The Morgan fingerprint density at radius 3 is 2.58 bits per heavy atom. The van der Waals surface area contributed by atoms with Gasteiger partial charge in [0.05, 0.1) is 18.3 Å². The van der Waals surface area contributed by atoms with Crippen LogP contribution >= 0.6 is 11.6 Å². The summed E-state index contributed by atoms with van der Waals surface area (Å²) in [5.74, 6) is -0.381. The maximum Gasteiger partial charge on any atom is 0.420 e. The van der Waals surface area contributed by atoms with Crippen LogP contribution in [0.5, 0.6) is 5.75 Å². The number of oxazole rings is 1. The first kappa shape index (κ1) is 22.1. The van der Waals surface area contributed by atoms with Crippen LogP contribution in [0.15, 0.2) is 93.2 Å². The molecule has 1 amide bonds. The highest BCUT2D eigenvalue weighted by Gasteiger charge is 2.12. The van der Waals surface area contributed by atoms with Gasteiger partial charge in [-0.1, -0.05) is 48.0 Å². The highest BCUT2D eigenvalue weighted by atomic mass is 35.5. The van der Waals surface area contributed by atoms with Crippen LogP contribution in [-0.2, 0) is 11.3 Å². The number of hydrogen-bond donors (Lipinski definition) is 1. The number of carbonyl (C=O) groups is 1. The van der Waals surface area contributed by atoms with Gasteiger partial charge in [0.1, 0.15) is 12.3 Å². The fourth-order valence-electron chi connectivity index (χ4n) is 3.20. The van der Waals surface area contributed by atoms with Crippen LogP contribution in [0, 0.1) is 0 Å². The maximum atomic E-state index is 12.6. The van der Waals surface area contributed by atoms with Gasteiger partial charge in [-0.2, -0.15) is 5.10 Å². The third-order valence-corrected chi connectivity index (χ3v) is 5.23. The molecule has 8 heteroatoms. The second-order valence-electron chi connectivity index (χ2n) is 7.04. The Bertz CT molecular complexity index is 1400. The summed E-state index contributed by atoms with van der Waals surface area (Å²) in [7, 11) is 1.59. The SMILES string of the molecule is COc1ccc(C(/C=C/c2ccccc2Cl)=N/NC(=O)Cn2c(=O)oc3ccccc32)cc1. The van der Waals surface area contributed by atoms with E-state index in [9.17, 15) is 9.59 Å². The summed E-state index contributed by atoms with van der Waals surface area (Å²) in [4.78, 5) is 24.7. The van der Waals surface area contributed by atoms with Gasteiger partial charge in [-0.3, -0.25) is 9.36 Å². The number of methoxy groups -OCH3 is 1. The quantitative estimate of drug-likeness (QED) is 0.324. The van der Waals surface area contributed by atoms with E-state index in [-0.39, 0.29) is 6.54 Å². The van der Waals surface area contributed by atoms with Crippen molar-refractivity contribution in [3.05, 3.63) is 106 Å². The Morgan fingerprint density at radius 1 is 1.09 bits per heavy atom. The molecule has 166 valence electrons. The first-order valence-corrected chi connectivity index (χ1v) is 10.4. The zero-order valence-corrected chi connectivity index (χ0v) is 18.5. The van der Waals surface area contributed by atoms with Crippen LogP contribution in [0.1, 0.15) is 11.1 Å².